The van der Waals surface area contributed by atoms with Gasteiger partial charge in [0.05, 0.1) is 12.1 Å². The summed E-state index contributed by atoms with van der Waals surface area (Å²) >= 11 is 6.13. The van der Waals surface area contributed by atoms with Crippen LogP contribution in [0.5, 0.6) is 11.5 Å². The topological polar surface area (TPSA) is 67.9 Å². The van der Waals surface area contributed by atoms with Crippen LogP contribution in [0, 0.1) is 0 Å². The molecule has 0 saturated heterocycles. The van der Waals surface area contributed by atoms with Crippen molar-refractivity contribution in [3.8, 4) is 11.5 Å². The summed E-state index contributed by atoms with van der Waals surface area (Å²) in [5.74, 6) is 0.733. The van der Waals surface area contributed by atoms with E-state index in [-0.39, 0.29) is 31.0 Å². The maximum absolute atomic E-state index is 13.1. The maximum atomic E-state index is 13.1. The fraction of sp³-hybridized carbons (Fsp3) is 0.417. The molecule has 31 heavy (non-hydrogen) atoms. The number of nitrogens with one attached hydrogen (secondary N) is 1. The highest BCUT2D eigenvalue weighted by molar-refractivity contribution is 6.32. The number of hydrogen-bond acceptors (Lipinski definition) is 4. The van der Waals surface area contributed by atoms with Gasteiger partial charge in [0.25, 0.3) is 5.91 Å². The summed E-state index contributed by atoms with van der Waals surface area (Å²) in [6.45, 7) is 1.83. The SMILES string of the molecule is COc1ccc(CN(C(=O)COc2ccccc2Cl)[C@@H](C)C(=O)NC2CCCC2)cc1. The number of ether oxygens (including phenoxy) is 2. The number of carbonyl (C=O) groups is 2. The smallest absolute Gasteiger partial charge is 0.261 e. The molecule has 0 spiro atoms. The van der Waals surface area contributed by atoms with E-state index in [1.807, 2.05) is 24.3 Å². The van der Waals surface area contributed by atoms with Crippen molar-refractivity contribution in [1.29, 1.82) is 0 Å². The van der Waals surface area contributed by atoms with Gasteiger partial charge in [-0.25, -0.2) is 0 Å². The van der Waals surface area contributed by atoms with Crippen LogP contribution in [0.4, 0.5) is 0 Å². The minimum absolute atomic E-state index is 0.147. The minimum Gasteiger partial charge on any atom is -0.497 e. The Morgan fingerprint density at radius 1 is 1.13 bits per heavy atom. The highest BCUT2D eigenvalue weighted by Gasteiger charge is 2.28. The predicted octanol–water partition coefficient (Wildman–Crippen LogP) is 4.20. The number of amides is 2. The first-order valence-corrected chi connectivity index (χ1v) is 11.0. The van der Waals surface area contributed by atoms with Crippen LogP contribution in [0.2, 0.25) is 5.02 Å². The molecule has 0 unspecified atom stereocenters. The van der Waals surface area contributed by atoms with Crippen LogP contribution in [0.3, 0.4) is 0 Å². The summed E-state index contributed by atoms with van der Waals surface area (Å²) < 4.78 is 10.8. The van der Waals surface area contributed by atoms with Gasteiger partial charge in [0.1, 0.15) is 17.5 Å². The molecule has 2 amide bonds. The van der Waals surface area contributed by atoms with Crippen LogP contribution in [0.25, 0.3) is 0 Å². The van der Waals surface area contributed by atoms with Gasteiger partial charge in [-0.3, -0.25) is 9.59 Å². The highest BCUT2D eigenvalue weighted by atomic mass is 35.5. The van der Waals surface area contributed by atoms with E-state index in [0.717, 1.165) is 37.0 Å². The molecule has 1 aliphatic carbocycles. The highest BCUT2D eigenvalue weighted by Crippen LogP contribution is 2.23. The molecule has 0 bridgehead atoms. The fourth-order valence-electron chi connectivity index (χ4n) is 3.69. The zero-order valence-electron chi connectivity index (χ0n) is 18.0. The van der Waals surface area contributed by atoms with Gasteiger partial charge in [-0.15, -0.1) is 0 Å². The Hall–Kier alpha value is -2.73. The van der Waals surface area contributed by atoms with Gasteiger partial charge in [-0.2, -0.15) is 0 Å². The van der Waals surface area contributed by atoms with Gasteiger partial charge >= 0.3 is 0 Å². The zero-order valence-corrected chi connectivity index (χ0v) is 18.7. The van der Waals surface area contributed by atoms with Crippen LogP contribution >= 0.6 is 11.6 Å². The Morgan fingerprint density at radius 2 is 1.81 bits per heavy atom. The van der Waals surface area contributed by atoms with E-state index < -0.39 is 6.04 Å². The molecule has 0 aliphatic heterocycles. The lowest BCUT2D eigenvalue weighted by atomic mass is 10.1. The Kier molecular flexibility index (Phi) is 8.18. The van der Waals surface area contributed by atoms with Crippen molar-refractivity contribution >= 4 is 23.4 Å². The molecule has 2 aromatic rings. The summed E-state index contributed by atoms with van der Waals surface area (Å²) in [5.41, 5.74) is 0.896. The number of carbonyl (C=O) groups excluding carboxylic acids is 2. The average Bonchev–Trinajstić information content (AvgIpc) is 3.29. The van der Waals surface area contributed by atoms with Gasteiger partial charge in [-0.1, -0.05) is 48.7 Å². The molecule has 1 saturated carbocycles. The lowest BCUT2D eigenvalue weighted by molar-refractivity contribution is -0.142. The molecule has 1 atom stereocenters. The summed E-state index contributed by atoms with van der Waals surface area (Å²) in [6.07, 6.45) is 4.22. The van der Waals surface area contributed by atoms with Gasteiger partial charge in [0.2, 0.25) is 5.91 Å². The normalized spacial score (nSPS) is 14.7. The van der Waals surface area contributed by atoms with E-state index in [0.29, 0.717) is 10.8 Å². The quantitative estimate of drug-likeness (QED) is 0.629. The van der Waals surface area contributed by atoms with Crippen molar-refractivity contribution in [2.75, 3.05) is 13.7 Å². The van der Waals surface area contributed by atoms with Crippen molar-refractivity contribution < 1.29 is 19.1 Å². The molecular formula is C24H29ClN2O4. The van der Waals surface area contributed by atoms with Crippen LogP contribution in [-0.2, 0) is 16.1 Å². The maximum Gasteiger partial charge on any atom is 0.261 e. The Bertz CT molecular complexity index is 881. The Balaban J connectivity index is 1.72. The van der Waals surface area contributed by atoms with Crippen molar-refractivity contribution in [3.63, 3.8) is 0 Å². The monoisotopic (exact) mass is 444 g/mol. The largest absolute Gasteiger partial charge is 0.497 e. The molecule has 166 valence electrons. The van der Waals surface area contributed by atoms with E-state index in [9.17, 15) is 9.59 Å². The lowest BCUT2D eigenvalue weighted by Gasteiger charge is -2.29. The predicted molar refractivity (Wildman–Crippen MR) is 120 cm³/mol. The number of benzene rings is 2. The summed E-state index contributed by atoms with van der Waals surface area (Å²) in [4.78, 5) is 27.5. The standard InChI is InChI=1S/C24H29ClN2O4/c1-17(24(29)26-19-7-3-4-8-19)27(15-18-11-13-20(30-2)14-12-18)23(28)16-31-22-10-6-5-9-21(22)25/h5-6,9-14,17,19H,3-4,7-8,15-16H2,1-2H3,(H,26,29)/t17-/m0/s1. The summed E-state index contributed by atoms with van der Waals surface area (Å²) in [7, 11) is 1.60. The second-order valence-corrected chi connectivity index (χ2v) is 8.16. The van der Waals surface area contributed by atoms with Crippen molar-refractivity contribution in [1.82, 2.24) is 10.2 Å². The van der Waals surface area contributed by atoms with Crippen molar-refractivity contribution in [2.24, 2.45) is 0 Å². The first-order valence-electron chi connectivity index (χ1n) is 10.6. The van der Waals surface area contributed by atoms with Gasteiger partial charge in [0, 0.05) is 12.6 Å². The third kappa shape index (κ3) is 6.37. The number of hydrogen-bond donors (Lipinski definition) is 1. The second kappa shape index (κ2) is 11.0. The van der Waals surface area contributed by atoms with Crippen LogP contribution in [0.15, 0.2) is 48.5 Å². The number of rotatable bonds is 9. The van der Waals surface area contributed by atoms with Gasteiger partial charge in [-0.05, 0) is 49.6 Å². The molecular weight excluding hydrogens is 416 g/mol. The third-order valence-corrected chi connectivity index (χ3v) is 5.88. The van der Waals surface area contributed by atoms with E-state index in [1.54, 1.807) is 43.2 Å². The molecule has 1 aliphatic rings. The van der Waals surface area contributed by atoms with Crippen LogP contribution in [0.1, 0.15) is 38.2 Å². The van der Waals surface area contributed by atoms with Gasteiger partial charge in [0.15, 0.2) is 6.61 Å². The zero-order chi connectivity index (χ0) is 22.2. The molecule has 0 heterocycles. The van der Waals surface area contributed by atoms with Crippen LogP contribution < -0.4 is 14.8 Å². The van der Waals surface area contributed by atoms with E-state index in [2.05, 4.69) is 5.32 Å². The Labute approximate surface area is 188 Å². The van der Waals surface area contributed by atoms with E-state index in [1.165, 1.54) is 0 Å². The summed E-state index contributed by atoms with van der Waals surface area (Å²) in [6, 6.07) is 14.0. The van der Waals surface area contributed by atoms with E-state index in [4.69, 9.17) is 21.1 Å². The molecule has 0 aromatic heterocycles. The molecule has 6 nitrogen and oxygen atoms in total. The molecule has 2 aromatic carbocycles. The average molecular weight is 445 g/mol. The molecule has 1 N–H and O–H groups in total. The van der Waals surface area contributed by atoms with Gasteiger partial charge < -0.3 is 19.7 Å². The number of para-hydroxylation sites is 1. The second-order valence-electron chi connectivity index (χ2n) is 7.75. The minimum atomic E-state index is -0.634. The molecule has 3 rings (SSSR count). The first kappa shape index (κ1) is 22.9. The molecule has 1 fully saturated rings. The Morgan fingerprint density at radius 3 is 2.45 bits per heavy atom. The lowest BCUT2D eigenvalue weighted by Crippen LogP contribution is -2.50. The molecule has 0 radical (unpaired) electrons. The fourth-order valence-corrected chi connectivity index (χ4v) is 3.88. The number of methoxy groups -OCH3 is 1. The van der Waals surface area contributed by atoms with Crippen LogP contribution in [-0.4, -0.2) is 42.5 Å². The molecule has 7 heteroatoms. The number of nitrogens with zero attached hydrogens (tertiary/aromatic N) is 1. The van der Waals surface area contributed by atoms with E-state index >= 15 is 0 Å². The van der Waals surface area contributed by atoms with Crippen molar-refractivity contribution in [2.45, 2.75) is 51.2 Å². The summed E-state index contributed by atoms with van der Waals surface area (Å²) in [5, 5.41) is 3.52. The number of halogens is 1. The third-order valence-electron chi connectivity index (χ3n) is 5.57. The first-order chi connectivity index (χ1) is 15.0. The van der Waals surface area contributed by atoms with Crippen molar-refractivity contribution in [3.05, 3.63) is 59.1 Å².